The van der Waals surface area contributed by atoms with Crippen molar-refractivity contribution in [2.75, 3.05) is 32.9 Å². The normalized spacial score (nSPS) is 14.9. The minimum atomic E-state index is -0.518. The number of pyridine rings is 2. The van der Waals surface area contributed by atoms with E-state index in [0.29, 0.717) is 11.5 Å². The van der Waals surface area contributed by atoms with Gasteiger partial charge in [-0.1, -0.05) is 12.1 Å². The maximum Gasteiger partial charge on any atom is 0.253 e. The number of carbonyl (C=O) groups is 1. The number of anilines is 1. The SMILES string of the molecule is CN(C)C(=O)c1ccc(C2CCN(Cc3cc4c(-c5cnc(N)c(F)c5)ccnc4n3C)CC2)cc1. The van der Waals surface area contributed by atoms with Crippen LogP contribution in [0.15, 0.2) is 54.9 Å². The minimum Gasteiger partial charge on any atom is -0.381 e. The summed E-state index contributed by atoms with van der Waals surface area (Å²) in [6.07, 6.45) is 5.50. The molecule has 7 nitrogen and oxygen atoms in total. The second kappa shape index (κ2) is 9.70. The van der Waals surface area contributed by atoms with Crippen LogP contribution in [0.25, 0.3) is 22.2 Å². The molecule has 1 aliphatic heterocycles. The fraction of sp³-hybridized carbons (Fsp3) is 0.321. The van der Waals surface area contributed by atoms with Crippen LogP contribution in [0.4, 0.5) is 10.2 Å². The molecule has 4 aromatic rings. The molecular formula is C28H31FN6O. The molecule has 0 atom stereocenters. The molecule has 0 radical (unpaired) electrons. The van der Waals surface area contributed by atoms with Crippen LogP contribution in [0.3, 0.4) is 0 Å². The lowest BCUT2D eigenvalue weighted by molar-refractivity contribution is 0.0827. The summed E-state index contributed by atoms with van der Waals surface area (Å²) in [6, 6.07) is 13.5. The van der Waals surface area contributed by atoms with Crippen LogP contribution in [-0.2, 0) is 13.6 Å². The van der Waals surface area contributed by atoms with Gasteiger partial charge in [0.2, 0.25) is 0 Å². The van der Waals surface area contributed by atoms with Gasteiger partial charge in [0, 0.05) is 62.3 Å². The second-order valence-electron chi connectivity index (χ2n) is 9.75. The summed E-state index contributed by atoms with van der Waals surface area (Å²) in [6.45, 7) is 2.82. The quantitative estimate of drug-likeness (QED) is 0.451. The Bertz CT molecular complexity index is 1400. The number of hydrogen-bond donors (Lipinski definition) is 1. The number of rotatable bonds is 5. The summed E-state index contributed by atoms with van der Waals surface area (Å²) in [5.74, 6) is -0.0881. The van der Waals surface area contributed by atoms with E-state index < -0.39 is 5.82 Å². The number of aromatic nitrogens is 3. The number of nitrogens with two attached hydrogens (primary N) is 1. The van der Waals surface area contributed by atoms with Crippen LogP contribution in [0, 0.1) is 5.82 Å². The molecule has 4 heterocycles. The van der Waals surface area contributed by atoms with Gasteiger partial charge in [0.05, 0.1) is 0 Å². The van der Waals surface area contributed by atoms with E-state index in [-0.39, 0.29) is 11.7 Å². The lowest BCUT2D eigenvalue weighted by Crippen LogP contribution is -2.33. The number of benzene rings is 1. The third kappa shape index (κ3) is 4.56. The van der Waals surface area contributed by atoms with Crippen molar-refractivity contribution < 1.29 is 9.18 Å². The summed E-state index contributed by atoms with van der Waals surface area (Å²) in [5.41, 5.74) is 11.2. The first kappa shape index (κ1) is 23.9. The summed E-state index contributed by atoms with van der Waals surface area (Å²) >= 11 is 0. The molecule has 36 heavy (non-hydrogen) atoms. The lowest BCUT2D eigenvalue weighted by Gasteiger charge is -2.32. The molecule has 1 aromatic carbocycles. The average Bonchev–Trinajstić information content (AvgIpc) is 3.21. The predicted octanol–water partition coefficient (Wildman–Crippen LogP) is 4.44. The number of likely N-dealkylation sites (tertiary alicyclic amines) is 1. The Balaban J connectivity index is 1.29. The summed E-state index contributed by atoms with van der Waals surface area (Å²) < 4.78 is 16.2. The number of amides is 1. The predicted molar refractivity (Wildman–Crippen MR) is 140 cm³/mol. The molecule has 1 amide bonds. The molecule has 1 aliphatic rings. The van der Waals surface area contributed by atoms with E-state index in [2.05, 4.69) is 37.6 Å². The van der Waals surface area contributed by atoms with Gasteiger partial charge in [-0.25, -0.2) is 14.4 Å². The van der Waals surface area contributed by atoms with Gasteiger partial charge in [-0.15, -0.1) is 0 Å². The number of piperidine rings is 1. The zero-order chi connectivity index (χ0) is 25.4. The van der Waals surface area contributed by atoms with Crippen molar-refractivity contribution in [3.63, 3.8) is 0 Å². The van der Waals surface area contributed by atoms with Crippen molar-refractivity contribution in [3.8, 4) is 11.1 Å². The first-order chi connectivity index (χ1) is 17.3. The third-order valence-electron chi connectivity index (χ3n) is 7.22. The van der Waals surface area contributed by atoms with E-state index in [1.807, 2.05) is 25.2 Å². The van der Waals surface area contributed by atoms with Gasteiger partial charge in [0.15, 0.2) is 11.6 Å². The highest BCUT2D eigenvalue weighted by Crippen LogP contribution is 2.32. The van der Waals surface area contributed by atoms with E-state index in [4.69, 9.17) is 5.73 Å². The van der Waals surface area contributed by atoms with Crippen LogP contribution >= 0.6 is 0 Å². The summed E-state index contributed by atoms with van der Waals surface area (Å²) in [5, 5.41) is 0.975. The molecule has 3 aromatic heterocycles. The number of hydrogen-bond acceptors (Lipinski definition) is 5. The van der Waals surface area contributed by atoms with E-state index in [1.54, 1.807) is 31.4 Å². The van der Waals surface area contributed by atoms with Crippen LogP contribution in [0.1, 0.15) is 40.4 Å². The summed E-state index contributed by atoms with van der Waals surface area (Å²) in [4.78, 5) is 24.8. The first-order valence-corrected chi connectivity index (χ1v) is 12.2. The van der Waals surface area contributed by atoms with Crippen molar-refractivity contribution >= 4 is 22.8 Å². The molecule has 2 N–H and O–H groups in total. The van der Waals surface area contributed by atoms with E-state index in [1.165, 1.54) is 17.3 Å². The number of aryl methyl sites for hydroxylation is 1. The largest absolute Gasteiger partial charge is 0.381 e. The fourth-order valence-electron chi connectivity index (χ4n) is 5.08. The molecule has 1 fully saturated rings. The zero-order valence-electron chi connectivity index (χ0n) is 20.9. The van der Waals surface area contributed by atoms with Crippen molar-refractivity contribution in [1.29, 1.82) is 0 Å². The molecule has 0 bridgehead atoms. The second-order valence-corrected chi connectivity index (χ2v) is 9.75. The Morgan fingerprint density at radius 3 is 2.50 bits per heavy atom. The van der Waals surface area contributed by atoms with Gasteiger partial charge in [0.1, 0.15) is 5.65 Å². The number of nitrogen functional groups attached to an aromatic ring is 1. The van der Waals surface area contributed by atoms with Gasteiger partial charge < -0.3 is 15.2 Å². The van der Waals surface area contributed by atoms with Gasteiger partial charge in [-0.3, -0.25) is 9.69 Å². The molecule has 0 aliphatic carbocycles. The molecule has 186 valence electrons. The average molecular weight is 487 g/mol. The highest BCUT2D eigenvalue weighted by Gasteiger charge is 2.23. The fourth-order valence-corrected chi connectivity index (χ4v) is 5.08. The third-order valence-corrected chi connectivity index (χ3v) is 7.22. The highest BCUT2D eigenvalue weighted by atomic mass is 19.1. The Hall–Kier alpha value is -3.78. The van der Waals surface area contributed by atoms with E-state index >= 15 is 0 Å². The first-order valence-electron chi connectivity index (χ1n) is 12.2. The Kier molecular flexibility index (Phi) is 6.45. The van der Waals surface area contributed by atoms with Gasteiger partial charge in [-0.2, -0.15) is 0 Å². The topological polar surface area (TPSA) is 80.3 Å². The number of fused-ring (bicyclic) bond motifs is 1. The maximum atomic E-state index is 14.1. The number of halogens is 1. The van der Waals surface area contributed by atoms with Gasteiger partial charge >= 0.3 is 0 Å². The van der Waals surface area contributed by atoms with Crippen molar-refractivity contribution in [2.24, 2.45) is 7.05 Å². The maximum absolute atomic E-state index is 14.1. The Morgan fingerprint density at radius 1 is 1.11 bits per heavy atom. The van der Waals surface area contributed by atoms with Crippen LogP contribution < -0.4 is 5.73 Å². The van der Waals surface area contributed by atoms with E-state index in [0.717, 1.165) is 54.6 Å². The van der Waals surface area contributed by atoms with Crippen molar-refractivity contribution in [3.05, 3.63) is 77.5 Å². The molecule has 0 saturated carbocycles. The van der Waals surface area contributed by atoms with Crippen LogP contribution in [-0.4, -0.2) is 57.4 Å². The monoisotopic (exact) mass is 486 g/mol. The Morgan fingerprint density at radius 2 is 1.83 bits per heavy atom. The molecule has 0 spiro atoms. The number of carbonyl (C=O) groups excluding carboxylic acids is 1. The number of nitrogens with zero attached hydrogens (tertiary/aromatic N) is 5. The standard InChI is InChI=1S/C28H31FN6O/c1-33(2)28(36)20-6-4-18(5-7-20)19-9-12-35(13-10-19)17-22-15-24-23(8-11-31-27(24)34(22)3)21-14-25(29)26(30)32-16-21/h4-8,11,14-16,19H,9-10,12-13,17H2,1-3H3,(H2,30,32). The minimum absolute atomic E-state index is 0.0294. The molecule has 1 saturated heterocycles. The molecule has 0 unspecified atom stereocenters. The van der Waals surface area contributed by atoms with E-state index in [9.17, 15) is 9.18 Å². The summed E-state index contributed by atoms with van der Waals surface area (Å²) in [7, 11) is 5.57. The van der Waals surface area contributed by atoms with Gasteiger partial charge in [0.25, 0.3) is 5.91 Å². The molecular weight excluding hydrogens is 455 g/mol. The smallest absolute Gasteiger partial charge is 0.253 e. The van der Waals surface area contributed by atoms with Gasteiger partial charge in [-0.05, 0) is 73.3 Å². The van der Waals surface area contributed by atoms with Crippen LogP contribution in [0.5, 0.6) is 0 Å². The Labute approximate surface area is 210 Å². The van der Waals surface area contributed by atoms with Crippen molar-refractivity contribution in [1.82, 2.24) is 24.3 Å². The van der Waals surface area contributed by atoms with Crippen molar-refractivity contribution in [2.45, 2.75) is 25.3 Å². The van der Waals surface area contributed by atoms with Crippen LogP contribution in [0.2, 0.25) is 0 Å². The lowest BCUT2D eigenvalue weighted by atomic mass is 9.89. The zero-order valence-corrected chi connectivity index (χ0v) is 20.9. The highest BCUT2D eigenvalue weighted by molar-refractivity contribution is 5.94. The molecule has 5 rings (SSSR count). The molecule has 8 heteroatoms.